The molecular weight excluding hydrogens is 228 g/mol. The molecule has 3 N–H and O–H groups in total. The SMILES string of the molecule is Nc1cccc(CC(=O)NCCC2CCOC2)c1. The first kappa shape index (κ1) is 12.9. The molecule has 1 fully saturated rings. The third kappa shape index (κ3) is 4.04. The van der Waals surface area contributed by atoms with Gasteiger partial charge in [-0.1, -0.05) is 12.1 Å². The van der Waals surface area contributed by atoms with Crippen molar-refractivity contribution in [2.75, 3.05) is 25.5 Å². The molecule has 0 radical (unpaired) electrons. The van der Waals surface area contributed by atoms with Crippen LogP contribution in [0.1, 0.15) is 18.4 Å². The van der Waals surface area contributed by atoms with E-state index in [1.54, 1.807) is 0 Å². The highest BCUT2D eigenvalue weighted by atomic mass is 16.5. The minimum Gasteiger partial charge on any atom is -0.399 e. The van der Waals surface area contributed by atoms with Crippen molar-refractivity contribution in [2.45, 2.75) is 19.3 Å². The van der Waals surface area contributed by atoms with Crippen LogP contribution in [0.3, 0.4) is 0 Å². The van der Waals surface area contributed by atoms with Gasteiger partial charge in [0, 0.05) is 25.4 Å². The number of hydrogen-bond donors (Lipinski definition) is 2. The van der Waals surface area contributed by atoms with Crippen molar-refractivity contribution < 1.29 is 9.53 Å². The minimum atomic E-state index is 0.0551. The Balaban J connectivity index is 1.68. The molecule has 1 saturated heterocycles. The van der Waals surface area contributed by atoms with Crippen molar-refractivity contribution in [1.82, 2.24) is 5.32 Å². The molecule has 1 unspecified atom stereocenters. The lowest BCUT2D eigenvalue weighted by atomic mass is 10.1. The van der Waals surface area contributed by atoms with Gasteiger partial charge in [-0.3, -0.25) is 4.79 Å². The Morgan fingerprint density at radius 1 is 1.50 bits per heavy atom. The molecule has 0 aliphatic carbocycles. The number of anilines is 1. The molecule has 0 bridgehead atoms. The lowest BCUT2D eigenvalue weighted by Gasteiger charge is -2.09. The predicted octanol–water partition coefficient (Wildman–Crippen LogP) is 1.35. The summed E-state index contributed by atoms with van der Waals surface area (Å²) in [6, 6.07) is 7.44. The van der Waals surface area contributed by atoms with E-state index in [-0.39, 0.29) is 5.91 Å². The maximum absolute atomic E-state index is 11.7. The van der Waals surface area contributed by atoms with E-state index in [0.29, 0.717) is 18.0 Å². The summed E-state index contributed by atoms with van der Waals surface area (Å²) in [4.78, 5) is 11.7. The number of ether oxygens (including phenoxy) is 1. The van der Waals surface area contributed by atoms with E-state index < -0.39 is 0 Å². The second-order valence-electron chi connectivity index (χ2n) is 4.79. The fourth-order valence-electron chi connectivity index (χ4n) is 2.18. The zero-order valence-corrected chi connectivity index (χ0v) is 10.5. The van der Waals surface area contributed by atoms with Crippen molar-refractivity contribution >= 4 is 11.6 Å². The van der Waals surface area contributed by atoms with E-state index in [0.717, 1.165) is 38.2 Å². The number of nitrogens with one attached hydrogen (secondary N) is 1. The average molecular weight is 248 g/mol. The Morgan fingerprint density at radius 3 is 3.11 bits per heavy atom. The van der Waals surface area contributed by atoms with E-state index in [1.165, 1.54) is 0 Å². The number of rotatable bonds is 5. The molecule has 1 aromatic carbocycles. The number of nitrogens with two attached hydrogens (primary N) is 1. The molecule has 1 heterocycles. The van der Waals surface area contributed by atoms with E-state index in [1.807, 2.05) is 24.3 Å². The van der Waals surface area contributed by atoms with Gasteiger partial charge in [-0.05, 0) is 36.5 Å². The molecule has 4 nitrogen and oxygen atoms in total. The molecule has 1 aliphatic heterocycles. The van der Waals surface area contributed by atoms with Crippen LogP contribution in [0.15, 0.2) is 24.3 Å². The van der Waals surface area contributed by atoms with Crippen LogP contribution in [-0.4, -0.2) is 25.7 Å². The molecule has 1 aromatic rings. The third-order valence-corrected chi connectivity index (χ3v) is 3.21. The van der Waals surface area contributed by atoms with E-state index in [4.69, 9.17) is 10.5 Å². The standard InChI is InChI=1S/C14H20N2O2/c15-13-3-1-2-12(8-13)9-14(17)16-6-4-11-5-7-18-10-11/h1-3,8,11H,4-7,9-10,15H2,(H,16,17). The van der Waals surface area contributed by atoms with E-state index in [2.05, 4.69) is 5.32 Å². The smallest absolute Gasteiger partial charge is 0.224 e. The number of hydrogen-bond acceptors (Lipinski definition) is 3. The molecule has 1 aliphatic rings. The number of nitrogen functional groups attached to an aromatic ring is 1. The molecule has 98 valence electrons. The van der Waals surface area contributed by atoms with Gasteiger partial charge in [0.25, 0.3) is 0 Å². The molecule has 0 aromatic heterocycles. The van der Waals surface area contributed by atoms with Crippen LogP contribution in [0.4, 0.5) is 5.69 Å². The van der Waals surface area contributed by atoms with Crippen molar-refractivity contribution in [3.8, 4) is 0 Å². The minimum absolute atomic E-state index is 0.0551. The third-order valence-electron chi connectivity index (χ3n) is 3.21. The molecule has 1 atom stereocenters. The fraction of sp³-hybridized carbons (Fsp3) is 0.500. The summed E-state index contributed by atoms with van der Waals surface area (Å²) in [6.07, 6.45) is 2.51. The van der Waals surface area contributed by atoms with E-state index in [9.17, 15) is 4.79 Å². The second kappa shape index (κ2) is 6.40. The summed E-state index contributed by atoms with van der Waals surface area (Å²) in [5.74, 6) is 0.664. The molecule has 2 rings (SSSR count). The van der Waals surface area contributed by atoms with Crippen LogP contribution in [0.5, 0.6) is 0 Å². The topological polar surface area (TPSA) is 64.4 Å². The van der Waals surface area contributed by atoms with Gasteiger partial charge in [0.15, 0.2) is 0 Å². The Bertz CT molecular complexity index is 401. The first-order valence-corrected chi connectivity index (χ1v) is 6.43. The van der Waals surface area contributed by atoms with Gasteiger partial charge in [-0.2, -0.15) is 0 Å². The largest absolute Gasteiger partial charge is 0.399 e. The number of carbonyl (C=O) groups excluding carboxylic acids is 1. The summed E-state index contributed by atoms with van der Waals surface area (Å²) < 4.78 is 5.30. The van der Waals surface area contributed by atoms with Gasteiger partial charge in [-0.25, -0.2) is 0 Å². The van der Waals surface area contributed by atoms with Gasteiger partial charge in [0.1, 0.15) is 0 Å². The van der Waals surface area contributed by atoms with Crippen molar-refractivity contribution in [1.29, 1.82) is 0 Å². The summed E-state index contributed by atoms with van der Waals surface area (Å²) in [5.41, 5.74) is 7.32. The second-order valence-corrected chi connectivity index (χ2v) is 4.79. The van der Waals surface area contributed by atoms with Gasteiger partial charge < -0.3 is 15.8 Å². The van der Waals surface area contributed by atoms with Crippen LogP contribution in [-0.2, 0) is 16.0 Å². The highest BCUT2D eigenvalue weighted by Crippen LogP contribution is 2.15. The summed E-state index contributed by atoms with van der Waals surface area (Å²) >= 11 is 0. The molecule has 4 heteroatoms. The van der Waals surface area contributed by atoms with Gasteiger partial charge >= 0.3 is 0 Å². The van der Waals surface area contributed by atoms with Crippen LogP contribution >= 0.6 is 0 Å². The van der Waals surface area contributed by atoms with Gasteiger partial charge in [0.2, 0.25) is 5.91 Å². The van der Waals surface area contributed by atoms with Crippen LogP contribution in [0, 0.1) is 5.92 Å². The van der Waals surface area contributed by atoms with E-state index >= 15 is 0 Å². The van der Waals surface area contributed by atoms with Gasteiger partial charge in [0.05, 0.1) is 6.42 Å². The Kier molecular flexibility index (Phi) is 4.59. The van der Waals surface area contributed by atoms with Crippen molar-refractivity contribution in [3.05, 3.63) is 29.8 Å². The average Bonchev–Trinajstić information content (AvgIpc) is 2.82. The lowest BCUT2D eigenvalue weighted by molar-refractivity contribution is -0.120. The normalized spacial score (nSPS) is 18.8. The fourth-order valence-corrected chi connectivity index (χ4v) is 2.18. The molecule has 18 heavy (non-hydrogen) atoms. The summed E-state index contributed by atoms with van der Waals surface area (Å²) in [6.45, 7) is 2.43. The first-order chi connectivity index (χ1) is 8.74. The molecular formula is C14H20N2O2. The van der Waals surface area contributed by atoms with Gasteiger partial charge in [-0.15, -0.1) is 0 Å². The molecule has 1 amide bonds. The lowest BCUT2D eigenvalue weighted by Crippen LogP contribution is -2.27. The Hall–Kier alpha value is -1.55. The van der Waals surface area contributed by atoms with Crippen LogP contribution in [0.2, 0.25) is 0 Å². The summed E-state index contributed by atoms with van der Waals surface area (Å²) in [5, 5.41) is 2.94. The Morgan fingerprint density at radius 2 is 2.39 bits per heavy atom. The Labute approximate surface area is 108 Å². The highest BCUT2D eigenvalue weighted by Gasteiger charge is 2.15. The number of amides is 1. The van der Waals surface area contributed by atoms with Crippen molar-refractivity contribution in [3.63, 3.8) is 0 Å². The first-order valence-electron chi connectivity index (χ1n) is 6.43. The van der Waals surface area contributed by atoms with Crippen LogP contribution in [0.25, 0.3) is 0 Å². The van der Waals surface area contributed by atoms with Crippen molar-refractivity contribution in [2.24, 2.45) is 5.92 Å². The quantitative estimate of drug-likeness (QED) is 0.773. The molecule has 0 saturated carbocycles. The van der Waals surface area contributed by atoms with Crippen LogP contribution < -0.4 is 11.1 Å². The maximum atomic E-state index is 11.7. The highest BCUT2D eigenvalue weighted by molar-refractivity contribution is 5.78. The maximum Gasteiger partial charge on any atom is 0.224 e. The zero-order valence-electron chi connectivity index (χ0n) is 10.5. The molecule has 0 spiro atoms. The zero-order chi connectivity index (χ0) is 12.8. The predicted molar refractivity (Wildman–Crippen MR) is 71.1 cm³/mol. The number of benzene rings is 1. The summed E-state index contributed by atoms with van der Waals surface area (Å²) in [7, 11) is 0. The number of carbonyl (C=O) groups is 1. The monoisotopic (exact) mass is 248 g/mol.